The molecule has 0 aliphatic heterocycles. The molecule has 1 aromatic carbocycles. The maximum atomic E-state index is 13.0. The molecular formula is C17H15F2N3O5. The van der Waals surface area contributed by atoms with Crippen LogP contribution in [0.3, 0.4) is 0 Å². The van der Waals surface area contributed by atoms with Gasteiger partial charge in [0.1, 0.15) is 6.04 Å². The van der Waals surface area contributed by atoms with Gasteiger partial charge in [0.2, 0.25) is 0 Å². The summed E-state index contributed by atoms with van der Waals surface area (Å²) < 4.78 is 30.9. The first kappa shape index (κ1) is 20.0. The van der Waals surface area contributed by atoms with Gasteiger partial charge in [-0.25, -0.2) is 19.2 Å². The standard InChI is InChI=1S/C17H15F2N3O5/c1-17(25,16(18)19)13(15(24)22-26)21-14(23)11-5-2-10(3-6-11)4-7-12-8-20-9-27-12/h2-3,5-6,8-9,13,16,25-26H,1H3,(H,21,23)(H,22,24)/t13-,17?/m1/s1. The van der Waals surface area contributed by atoms with Crippen LogP contribution in [0.5, 0.6) is 0 Å². The lowest BCUT2D eigenvalue weighted by molar-refractivity contribution is -0.149. The molecule has 27 heavy (non-hydrogen) atoms. The lowest BCUT2D eigenvalue weighted by Crippen LogP contribution is -2.61. The zero-order valence-electron chi connectivity index (χ0n) is 13.9. The van der Waals surface area contributed by atoms with Gasteiger partial charge in [-0.05, 0) is 37.1 Å². The fourth-order valence-corrected chi connectivity index (χ4v) is 2.00. The van der Waals surface area contributed by atoms with Gasteiger partial charge in [0, 0.05) is 11.1 Å². The Kier molecular flexibility index (Phi) is 6.23. The molecule has 1 unspecified atom stereocenters. The number of hydrogen-bond donors (Lipinski definition) is 4. The van der Waals surface area contributed by atoms with Gasteiger partial charge in [-0.3, -0.25) is 14.8 Å². The molecular weight excluding hydrogens is 364 g/mol. The Morgan fingerprint density at radius 2 is 1.93 bits per heavy atom. The Balaban J connectivity index is 2.15. The molecule has 1 aromatic heterocycles. The number of nitrogens with zero attached hydrogens (tertiary/aromatic N) is 1. The molecule has 2 amide bonds. The second-order valence-electron chi connectivity index (χ2n) is 5.60. The lowest BCUT2D eigenvalue weighted by Gasteiger charge is -2.30. The Hall–Kier alpha value is -3.29. The third kappa shape index (κ3) is 4.87. The van der Waals surface area contributed by atoms with E-state index in [-0.39, 0.29) is 5.56 Å². The molecule has 0 saturated carbocycles. The summed E-state index contributed by atoms with van der Waals surface area (Å²) in [4.78, 5) is 27.5. The number of benzene rings is 1. The van der Waals surface area contributed by atoms with Crippen molar-refractivity contribution in [2.45, 2.75) is 25.0 Å². The minimum atomic E-state index is -3.35. The molecule has 4 N–H and O–H groups in total. The molecule has 2 rings (SSSR count). The van der Waals surface area contributed by atoms with Crippen molar-refractivity contribution in [1.82, 2.24) is 15.8 Å². The summed E-state index contributed by atoms with van der Waals surface area (Å²) in [6, 6.07) is 3.60. The van der Waals surface area contributed by atoms with Crippen LogP contribution in [-0.4, -0.2) is 45.2 Å². The monoisotopic (exact) mass is 379 g/mol. The minimum absolute atomic E-state index is 0.0287. The van der Waals surface area contributed by atoms with E-state index in [9.17, 15) is 23.5 Å². The smallest absolute Gasteiger partial charge is 0.269 e. The van der Waals surface area contributed by atoms with Crippen LogP contribution in [0.4, 0.5) is 8.78 Å². The summed E-state index contributed by atoms with van der Waals surface area (Å²) in [5.41, 5.74) is -1.19. The number of oxazole rings is 1. The molecule has 0 fully saturated rings. The average molecular weight is 379 g/mol. The summed E-state index contributed by atoms with van der Waals surface area (Å²) in [6.07, 6.45) is -0.699. The number of alkyl halides is 2. The van der Waals surface area contributed by atoms with Crippen LogP contribution >= 0.6 is 0 Å². The normalized spacial score (nSPS) is 13.9. The van der Waals surface area contributed by atoms with E-state index < -0.39 is 29.9 Å². The zero-order chi connectivity index (χ0) is 20.0. The average Bonchev–Trinajstić information content (AvgIpc) is 3.17. The molecule has 1 heterocycles. The third-order valence-electron chi connectivity index (χ3n) is 3.58. The Bertz CT molecular complexity index is 855. The SMILES string of the molecule is CC(O)(C(F)F)[C@H](NC(=O)c1ccc(C#Cc2cnco2)cc1)C(=O)NO. The molecule has 2 aromatic rings. The van der Waals surface area contributed by atoms with Gasteiger partial charge in [-0.15, -0.1) is 0 Å². The number of carbonyl (C=O) groups is 2. The first-order valence-corrected chi connectivity index (χ1v) is 7.51. The number of halogens is 2. The highest BCUT2D eigenvalue weighted by Gasteiger charge is 2.46. The molecule has 0 saturated heterocycles. The number of hydrogen-bond acceptors (Lipinski definition) is 6. The van der Waals surface area contributed by atoms with E-state index in [1.807, 2.05) is 5.32 Å². The van der Waals surface area contributed by atoms with E-state index in [2.05, 4.69) is 16.8 Å². The van der Waals surface area contributed by atoms with Crippen LogP contribution in [0.15, 0.2) is 41.3 Å². The van der Waals surface area contributed by atoms with Crippen LogP contribution in [0, 0.1) is 11.8 Å². The number of aliphatic hydroxyl groups is 1. The predicted molar refractivity (Wildman–Crippen MR) is 86.7 cm³/mol. The Labute approximate surface area is 152 Å². The first-order valence-electron chi connectivity index (χ1n) is 7.51. The highest BCUT2D eigenvalue weighted by molar-refractivity contribution is 5.97. The summed E-state index contributed by atoms with van der Waals surface area (Å²) in [5.74, 6) is 3.53. The topological polar surface area (TPSA) is 125 Å². The molecule has 2 atom stereocenters. The van der Waals surface area contributed by atoms with E-state index in [0.717, 1.165) is 5.48 Å². The number of hydroxylamine groups is 1. The number of amides is 2. The van der Waals surface area contributed by atoms with Gasteiger partial charge in [-0.1, -0.05) is 5.92 Å². The van der Waals surface area contributed by atoms with Gasteiger partial charge in [0.05, 0.1) is 6.20 Å². The molecule has 142 valence electrons. The Morgan fingerprint density at radius 1 is 1.26 bits per heavy atom. The maximum Gasteiger partial charge on any atom is 0.269 e. The van der Waals surface area contributed by atoms with Crippen LogP contribution < -0.4 is 10.8 Å². The highest BCUT2D eigenvalue weighted by atomic mass is 19.3. The summed E-state index contributed by atoms with van der Waals surface area (Å²) in [7, 11) is 0. The lowest BCUT2D eigenvalue weighted by atomic mass is 9.95. The summed E-state index contributed by atoms with van der Waals surface area (Å²) in [5, 5.41) is 20.4. The number of carbonyl (C=O) groups excluding carboxylic acids is 2. The maximum absolute atomic E-state index is 13.0. The van der Waals surface area contributed by atoms with E-state index in [4.69, 9.17) is 9.62 Å². The Morgan fingerprint density at radius 3 is 2.44 bits per heavy atom. The van der Waals surface area contributed by atoms with Crippen molar-refractivity contribution in [2.75, 3.05) is 0 Å². The summed E-state index contributed by atoms with van der Waals surface area (Å²) in [6.45, 7) is 0.667. The molecule has 8 nitrogen and oxygen atoms in total. The predicted octanol–water partition coefficient (Wildman–Crippen LogP) is 0.694. The first-order chi connectivity index (χ1) is 12.8. The van der Waals surface area contributed by atoms with Crippen molar-refractivity contribution in [3.63, 3.8) is 0 Å². The van der Waals surface area contributed by atoms with E-state index in [0.29, 0.717) is 18.2 Å². The zero-order valence-corrected chi connectivity index (χ0v) is 13.9. The van der Waals surface area contributed by atoms with Crippen LogP contribution in [0.1, 0.15) is 28.6 Å². The highest BCUT2D eigenvalue weighted by Crippen LogP contribution is 2.20. The van der Waals surface area contributed by atoms with Crippen molar-refractivity contribution >= 4 is 11.8 Å². The quantitative estimate of drug-likeness (QED) is 0.344. The second kappa shape index (κ2) is 8.39. The molecule has 0 spiro atoms. The van der Waals surface area contributed by atoms with Crippen LogP contribution in [0.2, 0.25) is 0 Å². The number of rotatable bonds is 5. The van der Waals surface area contributed by atoms with E-state index in [1.165, 1.54) is 36.9 Å². The fraction of sp³-hybridized carbons (Fsp3) is 0.235. The fourth-order valence-electron chi connectivity index (χ4n) is 2.00. The molecule has 0 aliphatic rings. The van der Waals surface area contributed by atoms with Gasteiger partial charge in [-0.2, -0.15) is 0 Å². The van der Waals surface area contributed by atoms with E-state index >= 15 is 0 Å². The van der Waals surface area contributed by atoms with Crippen molar-refractivity contribution < 1.29 is 33.1 Å². The van der Waals surface area contributed by atoms with Crippen molar-refractivity contribution in [3.05, 3.63) is 53.7 Å². The molecule has 0 aliphatic carbocycles. The minimum Gasteiger partial charge on any atom is -0.435 e. The number of nitrogens with one attached hydrogen (secondary N) is 2. The van der Waals surface area contributed by atoms with Crippen molar-refractivity contribution in [1.29, 1.82) is 0 Å². The molecule has 0 radical (unpaired) electrons. The van der Waals surface area contributed by atoms with E-state index in [1.54, 1.807) is 0 Å². The largest absolute Gasteiger partial charge is 0.435 e. The van der Waals surface area contributed by atoms with Gasteiger partial charge in [0.25, 0.3) is 18.2 Å². The van der Waals surface area contributed by atoms with Crippen molar-refractivity contribution in [2.24, 2.45) is 0 Å². The summed E-state index contributed by atoms with van der Waals surface area (Å²) >= 11 is 0. The second-order valence-corrected chi connectivity index (χ2v) is 5.60. The van der Waals surface area contributed by atoms with Gasteiger partial charge < -0.3 is 14.8 Å². The van der Waals surface area contributed by atoms with Gasteiger partial charge in [0.15, 0.2) is 17.8 Å². The molecule has 0 bridgehead atoms. The molecule has 10 heteroatoms. The number of aromatic nitrogens is 1. The van der Waals surface area contributed by atoms with Crippen LogP contribution in [0.25, 0.3) is 0 Å². The van der Waals surface area contributed by atoms with Gasteiger partial charge >= 0.3 is 0 Å². The van der Waals surface area contributed by atoms with Crippen molar-refractivity contribution in [3.8, 4) is 11.8 Å². The third-order valence-corrected chi connectivity index (χ3v) is 3.58. The van der Waals surface area contributed by atoms with Crippen LogP contribution in [-0.2, 0) is 4.79 Å².